The van der Waals surface area contributed by atoms with E-state index in [1.807, 2.05) is 25.7 Å². The van der Waals surface area contributed by atoms with Crippen LogP contribution in [-0.4, -0.2) is 37.7 Å². The SMILES string of the molecule is CC(C)(C)OC(=O)c1ccc(F)cc1N1CCNCC1. The highest BCUT2D eigenvalue weighted by Crippen LogP contribution is 2.25. The fraction of sp³-hybridized carbons (Fsp3) is 0.533. The summed E-state index contributed by atoms with van der Waals surface area (Å²) in [6, 6.07) is 4.20. The molecule has 1 N–H and O–H groups in total. The third-order valence-corrected chi connectivity index (χ3v) is 3.04. The van der Waals surface area contributed by atoms with Gasteiger partial charge in [-0.2, -0.15) is 0 Å². The number of piperazine rings is 1. The van der Waals surface area contributed by atoms with Crippen LogP contribution in [0.15, 0.2) is 18.2 Å². The zero-order chi connectivity index (χ0) is 14.8. The van der Waals surface area contributed by atoms with Crippen LogP contribution < -0.4 is 10.2 Å². The van der Waals surface area contributed by atoms with E-state index in [1.54, 1.807) is 0 Å². The van der Waals surface area contributed by atoms with Crippen LogP contribution in [0.5, 0.6) is 0 Å². The van der Waals surface area contributed by atoms with Crippen LogP contribution in [0.4, 0.5) is 10.1 Å². The lowest BCUT2D eigenvalue weighted by molar-refractivity contribution is 0.00702. The summed E-state index contributed by atoms with van der Waals surface area (Å²) in [7, 11) is 0. The fourth-order valence-electron chi connectivity index (χ4n) is 2.18. The van der Waals surface area contributed by atoms with E-state index in [4.69, 9.17) is 4.74 Å². The van der Waals surface area contributed by atoms with Crippen molar-refractivity contribution < 1.29 is 13.9 Å². The van der Waals surface area contributed by atoms with Crippen molar-refractivity contribution in [2.75, 3.05) is 31.1 Å². The molecule has 110 valence electrons. The van der Waals surface area contributed by atoms with Gasteiger partial charge in [0.1, 0.15) is 11.4 Å². The quantitative estimate of drug-likeness (QED) is 0.843. The molecule has 0 aliphatic carbocycles. The van der Waals surface area contributed by atoms with Gasteiger partial charge in [0, 0.05) is 26.2 Å². The van der Waals surface area contributed by atoms with Gasteiger partial charge in [0.25, 0.3) is 0 Å². The van der Waals surface area contributed by atoms with Crippen LogP contribution >= 0.6 is 0 Å². The van der Waals surface area contributed by atoms with Gasteiger partial charge in [-0.25, -0.2) is 9.18 Å². The lowest BCUT2D eigenvalue weighted by atomic mass is 10.1. The van der Waals surface area contributed by atoms with E-state index in [1.165, 1.54) is 18.2 Å². The number of esters is 1. The Hall–Kier alpha value is -1.62. The van der Waals surface area contributed by atoms with Crippen molar-refractivity contribution in [3.63, 3.8) is 0 Å². The average Bonchev–Trinajstić information content (AvgIpc) is 2.37. The highest BCUT2D eigenvalue weighted by atomic mass is 19.1. The number of carbonyl (C=O) groups is 1. The minimum absolute atomic E-state index is 0.342. The number of nitrogens with one attached hydrogen (secondary N) is 1. The third-order valence-electron chi connectivity index (χ3n) is 3.04. The molecule has 0 atom stereocenters. The normalized spacial score (nSPS) is 16.1. The summed E-state index contributed by atoms with van der Waals surface area (Å²) in [5.74, 6) is -0.753. The summed E-state index contributed by atoms with van der Waals surface area (Å²) < 4.78 is 18.9. The Labute approximate surface area is 118 Å². The third kappa shape index (κ3) is 3.70. The number of hydrogen-bond donors (Lipinski definition) is 1. The maximum absolute atomic E-state index is 13.5. The summed E-state index contributed by atoms with van der Waals surface area (Å²) in [5.41, 5.74) is 0.468. The molecular weight excluding hydrogens is 259 g/mol. The maximum atomic E-state index is 13.5. The molecule has 1 fully saturated rings. The highest BCUT2D eigenvalue weighted by Gasteiger charge is 2.23. The first-order valence-corrected chi connectivity index (χ1v) is 6.85. The van der Waals surface area contributed by atoms with Crippen LogP contribution in [0.25, 0.3) is 0 Å². The standard InChI is InChI=1S/C15H21FN2O2/c1-15(2,3)20-14(19)12-5-4-11(16)10-13(12)18-8-6-17-7-9-18/h4-5,10,17H,6-9H2,1-3H3. The first kappa shape index (κ1) is 14.8. The number of rotatable bonds is 2. The van der Waals surface area contributed by atoms with Crippen molar-refractivity contribution in [3.8, 4) is 0 Å². The predicted octanol–water partition coefficient (Wildman–Crippen LogP) is 2.19. The Morgan fingerprint density at radius 3 is 2.55 bits per heavy atom. The number of benzene rings is 1. The van der Waals surface area contributed by atoms with E-state index in [0.717, 1.165) is 26.2 Å². The number of carbonyl (C=O) groups excluding carboxylic acids is 1. The number of anilines is 1. The number of nitrogens with zero attached hydrogens (tertiary/aromatic N) is 1. The molecule has 20 heavy (non-hydrogen) atoms. The van der Waals surface area contributed by atoms with Crippen molar-refractivity contribution in [1.29, 1.82) is 0 Å². The zero-order valence-electron chi connectivity index (χ0n) is 12.2. The van der Waals surface area contributed by atoms with Crippen LogP contribution in [0.3, 0.4) is 0 Å². The van der Waals surface area contributed by atoms with Gasteiger partial charge in [-0.05, 0) is 39.0 Å². The first-order valence-electron chi connectivity index (χ1n) is 6.85. The molecule has 1 aromatic carbocycles. The van der Waals surface area contributed by atoms with Crippen molar-refractivity contribution in [1.82, 2.24) is 5.32 Å². The van der Waals surface area contributed by atoms with Crippen LogP contribution in [-0.2, 0) is 4.74 Å². The van der Waals surface area contributed by atoms with Crippen LogP contribution in [0, 0.1) is 5.82 Å². The Balaban J connectivity index is 2.30. The smallest absolute Gasteiger partial charge is 0.340 e. The Morgan fingerprint density at radius 2 is 1.95 bits per heavy atom. The Kier molecular flexibility index (Phi) is 4.28. The van der Waals surface area contributed by atoms with Crippen LogP contribution in [0.1, 0.15) is 31.1 Å². The van der Waals surface area contributed by atoms with Crippen LogP contribution in [0.2, 0.25) is 0 Å². The van der Waals surface area contributed by atoms with Gasteiger partial charge in [-0.15, -0.1) is 0 Å². The molecule has 5 heteroatoms. The summed E-state index contributed by atoms with van der Waals surface area (Å²) in [6.45, 7) is 8.60. The minimum atomic E-state index is -0.563. The van der Waals surface area contributed by atoms with Gasteiger partial charge < -0.3 is 15.0 Å². The molecule has 0 saturated carbocycles. The Bertz CT molecular complexity index is 491. The van der Waals surface area contributed by atoms with E-state index < -0.39 is 11.6 Å². The van der Waals surface area contributed by atoms with Crippen molar-refractivity contribution >= 4 is 11.7 Å². The summed E-state index contributed by atoms with van der Waals surface area (Å²) in [6.07, 6.45) is 0. The zero-order valence-corrected chi connectivity index (χ0v) is 12.2. The largest absolute Gasteiger partial charge is 0.456 e. The number of halogens is 1. The topological polar surface area (TPSA) is 41.6 Å². The lowest BCUT2D eigenvalue weighted by Gasteiger charge is -2.31. The molecule has 4 nitrogen and oxygen atoms in total. The van der Waals surface area contributed by atoms with Gasteiger partial charge in [-0.1, -0.05) is 0 Å². The lowest BCUT2D eigenvalue weighted by Crippen LogP contribution is -2.44. The molecule has 0 radical (unpaired) electrons. The molecule has 1 aliphatic heterocycles. The van der Waals surface area contributed by atoms with E-state index >= 15 is 0 Å². The molecule has 1 heterocycles. The average molecular weight is 280 g/mol. The molecule has 0 bridgehead atoms. The highest BCUT2D eigenvalue weighted by molar-refractivity contribution is 5.96. The number of hydrogen-bond acceptors (Lipinski definition) is 4. The second kappa shape index (κ2) is 5.79. The summed E-state index contributed by atoms with van der Waals surface area (Å²) in [5, 5.41) is 3.23. The molecule has 1 aromatic rings. The monoisotopic (exact) mass is 280 g/mol. The van der Waals surface area contributed by atoms with Gasteiger partial charge >= 0.3 is 5.97 Å². The van der Waals surface area contributed by atoms with E-state index in [-0.39, 0.29) is 5.82 Å². The predicted molar refractivity (Wildman–Crippen MR) is 76.7 cm³/mol. The molecule has 0 unspecified atom stereocenters. The molecule has 2 rings (SSSR count). The molecule has 1 saturated heterocycles. The van der Waals surface area contributed by atoms with Crippen molar-refractivity contribution in [2.45, 2.75) is 26.4 Å². The van der Waals surface area contributed by atoms with E-state index in [0.29, 0.717) is 11.3 Å². The van der Waals surface area contributed by atoms with Crippen molar-refractivity contribution in [2.24, 2.45) is 0 Å². The van der Waals surface area contributed by atoms with Gasteiger partial charge in [0.05, 0.1) is 11.3 Å². The Morgan fingerprint density at radius 1 is 1.30 bits per heavy atom. The van der Waals surface area contributed by atoms with E-state index in [9.17, 15) is 9.18 Å². The molecular formula is C15H21FN2O2. The summed E-state index contributed by atoms with van der Waals surface area (Å²) in [4.78, 5) is 14.3. The molecule has 0 spiro atoms. The minimum Gasteiger partial charge on any atom is -0.456 e. The van der Waals surface area contributed by atoms with Gasteiger partial charge in [0.15, 0.2) is 0 Å². The fourth-order valence-corrected chi connectivity index (χ4v) is 2.18. The molecule has 0 aromatic heterocycles. The van der Waals surface area contributed by atoms with Gasteiger partial charge in [-0.3, -0.25) is 0 Å². The summed E-state index contributed by atoms with van der Waals surface area (Å²) >= 11 is 0. The van der Waals surface area contributed by atoms with Gasteiger partial charge in [0.2, 0.25) is 0 Å². The van der Waals surface area contributed by atoms with E-state index in [2.05, 4.69) is 5.32 Å². The maximum Gasteiger partial charge on any atom is 0.340 e. The number of ether oxygens (including phenoxy) is 1. The van der Waals surface area contributed by atoms with Crippen molar-refractivity contribution in [3.05, 3.63) is 29.6 Å². The second-order valence-corrected chi connectivity index (χ2v) is 5.90. The second-order valence-electron chi connectivity index (χ2n) is 5.90. The first-order chi connectivity index (χ1) is 9.37. The molecule has 1 aliphatic rings. The molecule has 0 amide bonds.